The molecule has 16 heavy (non-hydrogen) atoms. The molecule has 0 atom stereocenters. The van der Waals surface area contributed by atoms with Gasteiger partial charge in [-0.15, -0.1) is 0 Å². The fourth-order valence-corrected chi connectivity index (χ4v) is 3.23. The van der Waals surface area contributed by atoms with Crippen LogP contribution in [0, 0.1) is 5.92 Å². The van der Waals surface area contributed by atoms with Crippen molar-refractivity contribution in [3.63, 3.8) is 0 Å². The normalized spacial score (nSPS) is 33.8. The van der Waals surface area contributed by atoms with Gasteiger partial charge in [0, 0.05) is 13.1 Å². The predicted molar refractivity (Wildman–Crippen MR) is 64.3 cm³/mol. The summed E-state index contributed by atoms with van der Waals surface area (Å²) in [7, 11) is 2.09. The van der Waals surface area contributed by atoms with Crippen LogP contribution in [0.3, 0.4) is 0 Å². The highest BCUT2D eigenvalue weighted by atomic mass is 16.3. The van der Waals surface area contributed by atoms with E-state index in [0.717, 1.165) is 38.8 Å². The molecule has 2 aliphatic rings. The molecule has 0 unspecified atom stereocenters. The van der Waals surface area contributed by atoms with Crippen LogP contribution in [0.1, 0.15) is 44.9 Å². The molecule has 0 aromatic carbocycles. The van der Waals surface area contributed by atoms with Crippen molar-refractivity contribution in [3.05, 3.63) is 0 Å². The number of hydrogen-bond acceptors (Lipinski definition) is 3. The molecule has 2 fully saturated rings. The van der Waals surface area contributed by atoms with Gasteiger partial charge in [-0.3, -0.25) is 0 Å². The van der Waals surface area contributed by atoms with Gasteiger partial charge in [0.1, 0.15) is 0 Å². The van der Waals surface area contributed by atoms with Crippen LogP contribution in [0.15, 0.2) is 0 Å². The minimum atomic E-state index is -0.435. The average Bonchev–Trinajstić information content (AvgIpc) is 2.15. The van der Waals surface area contributed by atoms with E-state index >= 15 is 0 Å². The van der Waals surface area contributed by atoms with E-state index in [1.54, 1.807) is 0 Å². The molecule has 2 aliphatic carbocycles. The Morgan fingerprint density at radius 3 is 2.38 bits per heavy atom. The van der Waals surface area contributed by atoms with Crippen molar-refractivity contribution in [2.75, 3.05) is 20.1 Å². The van der Waals surface area contributed by atoms with Gasteiger partial charge in [0.15, 0.2) is 0 Å². The molecular weight excluding hydrogens is 202 g/mol. The number of aliphatic hydroxyl groups excluding tert-OH is 1. The Balaban J connectivity index is 1.71. The summed E-state index contributed by atoms with van der Waals surface area (Å²) in [4.78, 5) is 2.25. The molecule has 2 saturated carbocycles. The van der Waals surface area contributed by atoms with Crippen molar-refractivity contribution in [2.45, 2.75) is 56.7 Å². The minimum absolute atomic E-state index is 0.0591. The van der Waals surface area contributed by atoms with Crippen LogP contribution in [-0.4, -0.2) is 47.0 Å². The third kappa shape index (κ3) is 3.19. The van der Waals surface area contributed by atoms with E-state index in [1.807, 2.05) is 0 Å². The van der Waals surface area contributed by atoms with Gasteiger partial charge in [0.05, 0.1) is 11.7 Å². The van der Waals surface area contributed by atoms with Crippen LogP contribution >= 0.6 is 0 Å². The van der Waals surface area contributed by atoms with E-state index in [9.17, 15) is 10.2 Å². The molecule has 94 valence electrons. The molecule has 2 N–H and O–H groups in total. The van der Waals surface area contributed by atoms with Crippen molar-refractivity contribution in [2.24, 2.45) is 5.92 Å². The molecule has 0 spiro atoms. The van der Waals surface area contributed by atoms with Crippen LogP contribution in [-0.2, 0) is 0 Å². The molecule has 2 rings (SSSR count). The molecule has 0 radical (unpaired) electrons. The zero-order chi connectivity index (χ0) is 11.6. The minimum Gasteiger partial charge on any atom is -0.393 e. The second-order valence-electron chi connectivity index (χ2n) is 5.97. The zero-order valence-corrected chi connectivity index (χ0v) is 10.4. The Morgan fingerprint density at radius 1 is 1.19 bits per heavy atom. The average molecular weight is 227 g/mol. The maximum atomic E-state index is 10.4. The third-order valence-electron chi connectivity index (χ3n) is 4.13. The molecule has 0 aromatic rings. The third-order valence-corrected chi connectivity index (χ3v) is 4.13. The van der Waals surface area contributed by atoms with E-state index in [2.05, 4.69) is 11.9 Å². The van der Waals surface area contributed by atoms with Crippen LogP contribution in [0.2, 0.25) is 0 Å². The Hall–Kier alpha value is -0.120. The van der Waals surface area contributed by atoms with Crippen molar-refractivity contribution in [3.8, 4) is 0 Å². The summed E-state index contributed by atoms with van der Waals surface area (Å²) >= 11 is 0. The SMILES string of the molecule is CN(CC1CC(O)C1)CC1(O)CCCCC1. The maximum Gasteiger partial charge on any atom is 0.0774 e. The summed E-state index contributed by atoms with van der Waals surface area (Å²) in [5.74, 6) is 0.646. The van der Waals surface area contributed by atoms with Crippen LogP contribution < -0.4 is 0 Å². The van der Waals surface area contributed by atoms with E-state index < -0.39 is 5.60 Å². The van der Waals surface area contributed by atoms with Gasteiger partial charge < -0.3 is 15.1 Å². The Kier molecular flexibility index (Phi) is 3.88. The molecule has 0 aliphatic heterocycles. The number of nitrogens with zero attached hydrogens (tertiary/aromatic N) is 1. The summed E-state index contributed by atoms with van der Waals surface area (Å²) in [5.41, 5.74) is -0.435. The molecule has 0 amide bonds. The second-order valence-corrected chi connectivity index (χ2v) is 5.97. The Bertz CT molecular complexity index is 220. The monoisotopic (exact) mass is 227 g/mol. The van der Waals surface area contributed by atoms with Crippen molar-refractivity contribution in [1.82, 2.24) is 4.90 Å². The number of hydrogen-bond donors (Lipinski definition) is 2. The highest BCUT2D eigenvalue weighted by molar-refractivity contribution is 4.87. The summed E-state index contributed by atoms with van der Waals surface area (Å²) < 4.78 is 0. The summed E-state index contributed by atoms with van der Waals surface area (Å²) in [6, 6.07) is 0. The number of rotatable bonds is 4. The summed E-state index contributed by atoms with van der Waals surface area (Å²) in [6.45, 7) is 1.83. The van der Waals surface area contributed by atoms with Gasteiger partial charge in [-0.25, -0.2) is 0 Å². The first-order valence-corrected chi connectivity index (χ1v) is 6.66. The lowest BCUT2D eigenvalue weighted by Crippen LogP contribution is -2.46. The van der Waals surface area contributed by atoms with Crippen LogP contribution in [0.5, 0.6) is 0 Å². The molecule has 0 heterocycles. The Morgan fingerprint density at radius 2 is 1.81 bits per heavy atom. The van der Waals surface area contributed by atoms with Gasteiger partial charge in [0.25, 0.3) is 0 Å². The maximum absolute atomic E-state index is 10.4. The molecule has 3 nitrogen and oxygen atoms in total. The van der Waals surface area contributed by atoms with Crippen LogP contribution in [0.4, 0.5) is 0 Å². The smallest absolute Gasteiger partial charge is 0.0774 e. The quantitative estimate of drug-likeness (QED) is 0.762. The van der Waals surface area contributed by atoms with Crippen molar-refractivity contribution >= 4 is 0 Å². The second kappa shape index (κ2) is 5.03. The lowest BCUT2D eigenvalue weighted by molar-refractivity contribution is -0.0336. The molecular formula is C13H25NO2. The predicted octanol–water partition coefficient (Wildman–Crippen LogP) is 1.38. The van der Waals surface area contributed by atoms with Gasteiger partial charge in [-0.2, -0.15) is 0 Å². The van der Waals surface area contributed by atoms with E-state index in [0.29, 0.717) is 5.92 Å². The molecule has 0 bridgehead atoms. The van der Waals surface area contributed by atoms with E-state index in [1.165, 1.54) is 19.3 Å². The fraction of sp³-hybridized carbons (Fsp3) is 1.00. The topological polar surface area (TPSA) is 43.7 Å². The first-order valence-electron chi connectivity index (χ1n) is 6.66. The van der Waals surface area contributed by atoms with E-state index in [-0.39, 0.29) is 6.10 Å². The first-order chi connectivity index (χ1) is 7.57. The van der Waals surface area contributed by atoms with E-state index in [4.69, 9.17) is 0 Å². The number of aliphatic hydroxyl groups is 2. The van der Waals surface area contributed by atoms with Gasteiger partial charge in [0.2, 0.25) is 0 Å². The standard InChI is InChI=1S/C13H25NO2/c1-14(9-11-7-12(15)8-11)10-13(16)5-3-2-4-6-13/h11-12,15-16H,2-10H2,1H3. The first kappa shape index (κ1) is 12.3. The highest BCUT2D eigenvalue weighted by Gasteiger charge is 2.33. The number of likely N-dealkylation sites (N-methyl/N-ethyl adjacent to an activating group) is 1. The van der Waals surface area contributed by atoms with Crippen molar-refractivity contribution in [1.29, 1.82) is 0 Å². The van der Waals surface area contributed by atoms with Gasteiger partial charge in [-0.05, 0) is 38.6 Å². The molecule has 0 saturated heterocycles. The summed E-state index contributed by atoms with van der Waals surface area (Å²) in [5, 5.41) is 19.6. The lowest BCUT2D eigenvalue weighted by atomic mass is 9.81. The van der Waals surface area contributed by atoms with Gasteiger partial charge in [-0.1, -0.05) is 19.3 Å². The van der Waals surface area contributed by atoms with Crippen molar-refractivity contribution < 1.29 is 10.2 Å². The zero-order valence-electron chi connectivity index (χ0n) is 10.4. The Labute approximate surface area is 98.5 Å². The lowest BCUT2D eigenvalue weighted by Gasteiger charge is -2.39. The largest absolute Gasteiger partial charge is 0.393 e. The summed E-state index contributed by atoms with van der Waals surface area (Å²) in [6.07, 6.45) is 7.39. The molecule has 3 heteroatoms. The molecule has 0 aromatic heterocycles. The highest BCUT2D eigenvalue weighted by Crippen LogP contribution is 2.31. The fourth-order valence-electron chi connectivity index (χ4n) is 3.23. The van der Waals surface area contributed by atoms with Crippen LogP contribution in [0.25, 0.3) is 0 Å². The van der Waals surface area contributed by atoms with Gasteiger partial charge >= 0.3 is 0 Å².